The monoisotopic (exact) mass is 325 g/mol. The van der Waals surface area contributed by atoms with Crippen molar-refractivity contribution in [2.24, 2.45) is 5.92 Å². The molecule has 0 bridgehead atoms. The molecule has 2 aliphatic heterocycles. The molecule has 0 amide bonds. The van der Waals surface area contributed by atoms with Crippen LogP contribution in [0.5, 0.6) is 11.5 Å². The van der Waals surface area contributed by atoms with Crippen LogP contribution in [0.25, 0.3) is 0 Å². The molecule has 1 unspecified atom stereocenters. The highest BCUT2D eigenvalue weighted by Gasteiger charge is 2.23. The van der Waals surface area contributed by atoms with E-state index in [0.29, 0.717) is 12.7 Å². The molecule has 1 N–H and O–H groups in total. The largest absolute Gasteiger partial charge is 0.454 e. The van der Waals surface area contributed by atoms with Crippen LogP contribution in [-0.2, 0) is 19.6 Å². The van der Waals surface area contributed by atoms with E-state index >= 15 is 0 Å². The Morgan fingerprint density at radius 2 is 1.71 bits per heavy atom. The number of nitrogens with zero attached hydrogens (tertiary/aromatic N) is 1. The zero-order valence-corrected chi connectivity index (χ0v) is 13.8. The number of hydrogen-bond donors (Lipinski definition) is 1. The first-order valence-electron chi connectivity index (χ1n) is 8.60. The molecule has 2 aromatic rings. The minimum Gasteiger partial charge on any atom is -0.454 e. The summed E-state index contributed by atoms with van der Waals surface area (Å²) in [6, 6.07) is 14.6. The lowest BCUT2D eigenvalue weighted by Crippen LogP contribution is -2.20. The summed E-state index contributed by atoms with van der Waals surface area (Å²) in [4.78, 5) is 2.52. The average Bonchev–Trinajstić information content (AvgIpc) is 3.24. The predicted octanol–water partition coefficient (Wildman–Crippen LogP) is 2.97. The van der Waals surface area contributed by atoms with Crippen LogP contribution in [0.3, 0.4) is 0 Å². The zero-order chi connectivity index (χ0) is 16.4. The molecular formula is C20H23NO3. The van der Waals surface area contributed by atoms with Gasteiger partial charge in [0.1, 0.15) is 0 Å². The van der Waals surface area contributed by atoms with E-state index in [1.54, 1.807) is 0 Å². The normalized spacial score (nSPS) is 19.8. The molecule has 0 saturated carbocycles. The third-order valence-corrected chi connectivity index (χ3v) is 4.94. The predicted molar refractivity (Wildman–Crippen MR) is 92.0 cm³/mol. The third kappa shape index (κ3) is 3.40. The van der Waals surface area contributed by atoms with Crippen LogP contribution in [0, 0.1) is 5.92 Å². The summed E-state index contributed by atoms with van der Waals surface area (Å²) in [6.07, 6.45) is 2.36. The maximum absolute atomic E-state index is 9.12. The molecule has 24 heavy (non-hydrogen) atoms. The molecule has 0 spiro atoms. The first-order chi connectivity index (χ1) is 11.8. The van der Waals surface area contributed by atoms with Crippen molar-refractivity contribution in [3.8, 4) is 11.5 Å². The summed E-state index contributed by atoms with van der Waals surface area (Å²) in [5.41, 5.74) is 3.63. The topological polar surface area (TPSA) is 41.9 Å². The second-order valence-corrected chi connectivity index (χ2v) is 6.76. The Balaban J connectivity index is 1.32. The van der Waals surface area contributed by atoms with Crippen molar-refractivity contribution < 1.29 is 14.6 Å². The first-order valence-corrected chi connectivity index (χ1v) is 8.60. The van der Waals surface area contributed by atoms with Gasteiger partial charge in [0.05, 0.1) is 6.61 Å². The van der Waals surface area contributed by atoms with Crippen molar-refractivity contribution in [3.05, 3.63) is 59.2 Å². The second kappa shape index (κ2) is 6.83. The number of rotatable bonds is 5. The highest BCUT2D eigenvalue weighted by Crippen LogP contribution is 2.33. The number of ether oxygens (including phenoxy) is 2. The van der Waals surface area contributed by atoms with Gasteiger partial charge in [-0.2, -0.15) is 0 Å². The number of likely N-dealkylation sites (tertiary alicyclic amines) is 1. The molecule has 1 fully saturated rings. The van der Waals surface area contributed by atoms with Crippen LogP contribution in [0.2, 0.25) is 0 Å². The number of hydrogen-bond acceptors (Lipinski definition) is 4. The summed E-state index contributed by atoms with van der Waals surface area (Å²) in [6.45, 7) is 3.70. The van der Waals surface area contributed by atoms with Gasteiger partial charge in [-0.05, 0) is 54.1 Å². The Hall–Kier alpha value is -2.04. The van der Waals surface area contributed by atoms with Crippen molar-refractivity contribution in [3.63, 3.8) is 0 Å². The summed E-state index contributed by atoms with van der Waals surface area (Å²) < 4.78 is 10.8. The first kappa shape index (κ1) is 15.5. The standard InChI is InChI=1S/C20H23NO3/c22-13-16-3-1-15(2-4-16)9-18-7-8-21(12-18)11-17-5-6-19-20(10-17)24-14-23-19/h1-6,10,18,22H,7-9,11-14H2. The summed E-state index contributed by atoms with van der Waals surface area (Å²) in [5, 5.41) is 9.12. The summed E-state index contributed by atoms with van der Waals surface area (Å²) in [7, 11) is 0. The molecule has 1 saturated heterocycles. The Morgan fingerprint density at radius 3 is 2.54 bits per heavy atom. The lowest BCUT2D eigenvalue weighted by Gasteiger charge is -2.16. The van der Waals surface area contributed by atoms with Crippen LogP contribution in [-0.4, -0.2) is 29.9 Å². The van der Waals surface area contributed by atoms with Gasteiger partial charge in [-0.3, -0.25) is 4.90 Å². The van der Waals surface area contributed by atoms with Gasteiger partial charge in [-0.1, -0.05) is 30.3 Å². The molecule has 126 valence electrons. The molecule has 2 aliphatic rings. The quantitative estimate of drug-likeness (QED) is 0.918. The Labute approximate surface area is 142 Å². The van der Waals surface area contributed by atoms with E-state index in [4.69, 9.17) is 14.6 Å². The molecule has 4 rings (SSSR count). The second-order valence-electron chi connectivity index (χ2n) is 6.76. The molecule has 0 aliphatic carbocycles. The van der Waals surface area contributed by atoms with Crippen molar-refractivity contribution >= 4 is 0 Å². The fourth-order valence-electron chi connectivity index (χ4n) is 3.63. The van der Waals surface area contributed by atoms with Crippen LogP contribution in [0.4, 0.5) is 0 Å². The third-order valence-electron chi connectivity index (χ3n) is 4.94. The maximum atomic E-state index is 9.12. The van der Waals surface area contributed by atoms with E-state index < -0.39 is 0 Å². The van der Waals surface area contributed by atoms with Crippen LogP contribution >= 0.6 is 0 Å². The SMILES string of the molecule is OCc1ccc(CC2CCN(Cc3ccc4c(c3)OCO4)C2)cc1. The molecule has 4 heteroatoms. The van der Waals surface area contributed by atoms with Gasteiger partial charge in [0, 0.05) is 13.1 Å². The highest BCUT2D eigenvalue weighted by atomic mass is 16.7. The molecule has 4 nitrogen and oxygen atoms in total. The van der Waals surface area contributed by atoms with Gasteiger partial charge >= 0.3 is 0 Å². The van der Waals surface area contributed by atoms with Crippen LogP contribution in [0.15, 0.2) is 42.5 Å². The van der Waals surface area contributed by atoms with E-state index in [0.717, 1.165) is 43.1 Å². The number of benzene rings is 2. The van der Waals surface area contributed by atoms with Gasteiger partial charge in [-0.25, -0.2) is 0 Å². The van der Waals surface area contributed by atoms with E-state index in [-0.39, 0.29) is 6.61 Å². The molecule has 2 heterocycles. The summed E-state index contributed by atoms with van der Waals surface area (Å²) >= 11 is 0. The Kier molecular flexibility index (Phi) is 4.41. The number of fused-ring (bicyclic) bond motifs is 1. The molecular weight excluding hydrogens is 302 g/mol. The number of aliphatic hydroxyl groups excluding tert-OH is 1. The lowest BCUT2D eigenvalue weighted by molar-refractivity contribution is 0.174. The fraction of sp³-hybridized carbons (Fsp3) is 0.400. The van der Waals surface area contributed by atoms with Crippen molar-refractivity contribution in [2.45, 2.75) is 26.0 Å². The van der Waals surface area contributed by atoms with Gasteiger partial charge < -0.3 is 14.6 Å². The fourth-order valence-corrected chi connectivity index (χ4v) is 3.63. The van der Waals surface area contributed by atoms with E-state index in [1.807, 2.05) is 18.2 Å². The average molecular weight is 325 g/mol. The lowest BCUT2D eigenvalue weighted by atomic mass is 9.98. The van der Waals surface area contributed by atoms with Crippen LogP contribution < -0.4 is 9.47 Å². The van der Waals surface area contributed by atoms with E-state index in [9.17, 15) is 0 Å². The smallest absolute Gasteiger partial charge is 0.231 e. The van der Waals surface area contributed by atoms with Crippen molar-refractivity contribution in [2.75, 3.05) is 19.9 Å². The minimum absolute atomic E-state index is 0.118. The van der Waals surface area contributed by atoms with Gasteiger partial charge in [0.15, 0.2) is 11.5 Å². The summed E-state index contributed by atoms with van der Waals surface area (Å²) in [5.74, 6) is 2.43. The molecule has 1 atom stereocenters. The minimum atomic E-state index is 0.118. The number of aliphatic hydroxyl groups is 1. The molecule has 0 radical (unpaired) electrons. The van der Waals surface area contributed by atoms with Gasteiger partial charge in [-0.15, -0.1) is 0 Å². The van der Waals surface area contributed by atoms with Gasteiger partial charge in [0.25, 0.3) is 0 Å². The van der Waals surface area contributed by atoms with Crippen molar-refractivity contribution in [1.29, 1.82) is 0 Å². The van der Waals surface area contributed by atoms with E-state index in [2.05, 4.69) is 29.2 Å². The molecule has 0 aromatic heterocycles. The van der Waals surface area contributed by atoms with Crippen LogP contribution in [0.1, 0.15) is 23.1 Å². The maximum Gasteiger partial charge on any atom is 0.231 e. The van der Waals surface area contributed by atoms with E-state index in [1.165, 1.54) is 17.5 Å². The zero-order valence-electron chi connectivity index (χ0n) is 13.8. The molecule has 2 aromatic carbocycles. The Bertz CT molecular complexity index is 699. The van der Waals surface area contributed by atoms with Crippen molar-refractivity contribution in [1.82, 2.24) is 4.90 Å². The van der Waals surface area contributed by atoms with Gasteiger partial charge in [0.2, 0.25) is 6.79 Å². The highest BCUT2D eigenvalue weighted by molar-refractivity contribution is 5.44. The Morgan fingerprint density at radius 1 is 0.958 bits per heavy atom.